The first kappa shape index (κ1) is 20.9. The van der Waals surface area contributed by atoms with Crippen LogP contribution in [0.1, 0.15) is 27.9 Å². The maximum absolute atomic E-state index is 14.4. The Morgan fingerprint density at radius 2 is 1.71 bits per heavy atom. The smallest absolute Gasteiger partial charge is 0.335 e. The van der Waals surface area contributed by atoms with Crippen LogP contribution >= 0.6 is 11.6 Å². The molecule has 146 valence electrons. The molecule has 0 aromatic heterocycles. The molecular formula is C18H15ClFN3O5. The second-order valence-corrected chi connectivity index (χ2v) is 6.03. The van der Waals surface area contributed by atoms with E-state index in [-0.39, 0.29) is 38.7 Å². The summed E-state index contributed by atoms with van der Waals surface area (Å²) in [7, 11) is 0. The molecule has 0 radical (unpaired) electrons. The normalized spacial score (nSPS) is 11.5. The van der Waals surface area contributed by atoms with Gasteiger partial charge in [-0.1, -0.05) is 23.7 Å². The van der Waals surface area contributed by atoms with Crippen LogP contribution in [-0.4, -0.2) is 33.0 Å². The number of benzene rings is 2. The van der Waals surface area contributed by atoms with Gasteiger partial charge in [0.1, 0.15) is 0 Å². The molecule has 7 N–H and O–H groups in total. The summed E-state index contributed by atoms with van der Waals surface area (Å²) < 4.78 is 14.4. The molecule has 0 atom stereocenters. The van der Waals surface area contributed by atoms with Gasteiger partial charge in [0.2, 0.25) is 5.91 Å². The number of phenols is 1. The lowest BCUT2D eigenvalue weighted by Crippen LogP contribution is -2.23. The van der Waals surface area contributed by atoms with Crippen LogP contribution in [0, 0.1) is 11.2 Å². The van der Waals surface area contributed by atoms with Gasteiger partial charge in [0.15, 0.2) is 11.6 Å². The number of hydrogen-bond donors (Lipinski definition) is 6. The predicted molar refractivity (Wildman–Crippen MR) is 99.0 cm³/mol. The van der Waals surface area contributed by atoms with Gasteiger partial charge in [-0.05, 0) is 29.8 Å². The molecule has 0 fully saturated rings. The summed E-state index contributed by atoms with van der Waals surface area (Å²) in [5.74, 6) is -4.05. The molecule has 0 heterocycles. The minimum absolute atomic E-state index is 0.0168. The topological polar surface area (TPSA) is 157 Å². The summed E-state index contributed by atoms with van der Waals surface area (Å²) in [5, 5.41) is 35.5. The molecule has 2 aromatic carbocycles. The van der Waals surface area contributed by atoms with Gasteiger partial charge < -0.3 is 15.9 Å². The summed E-state index contributed by atoms with van der Waals surface area (Å²) >= 11 is 5.64. The molecule has 0 spiro atoms. The van der Waals surface area contributed by atoms with Crippen molar-refractivity contribution in [2.45, 2.75) is 6.42 Å². The quantitative estimate of drug-likeness (QED) is 0.245. The molecule has 0 saturated heterocycles. The van der Waals surface area contributed by atoms with Crippen LogP contribution in [-0.2, 0) is 4.79 Å². The molecule has 0 aliphatic carbocycles. The van der Waals surface area contributed by atoms with Crippen molar-refractivity contribution in [3.8, 4) is 5.75 Å². The van der Waals surface area contributed by atoms with Crippen LogP contribution in [0.15, 0.2) is 42.0 Å². The minimum Gasteiger partial charge on any atom is -0.504 e. The van der Waals surface area contributed by atoms with E-state index in [1.165, 1.54) is 41.9 Å². The van der Waals surface area contributed by atoms with Crippen molar-refractivity contribution in [1.82, 2.24) is 5.48 Å². The molecule has 10 heteroatoms. The van der Waals surface area contributed by atoms with Crippen LogP contribution in [0.25, 0.3) is 5.70 Å². The molecule has 0 aliphatic heterocycles. The third-order valence-corrected chi connectivity index (χ3v) is 4.17. The molecule has 2 aromatic rings. The van der Waals surface area contributed by atoms with E-state index in [0.717, 1.165) is 0 Å². The summed E-state index contributed by atoms with van der Waals surface area (Å²) in [6.45, 7) is 0. The van der Waals surface area contributed by atoms with E-state index in [0.29, 0.717) is 0 Å². The number of carbonyl (C=O) groups is 2. The fourth-order valence-corrected chi connectivity index (χ4v) is 2.53. The molecule has 0 unspecified atom stereocenters. The SMILES string of the molecule is N=C(/C(CC(=O)NO)=C(\N)c1ccc(Cl)c(O)c1F)c1ccc(C(=O)O)cc1. The largest absolute Gasteiger partial charge is 0.504 e. The third-order valence-electron chi connectivity index (χ3n) is 3.87. The molecule has 0 aliphatic rings. The van der Waals surface area contributed by atoms with Crippen molar-refractivity contribution in [3.05, 3.63) is 69.5 Å². The Bertz CT molecular complexity index is 989. The van der Waals surface area contributed by atoms with Gasteiger partial charge in [-0.2, -0.15) is 0 Å². The standard InChI is InChI=1S/C18H15ClFN3O5/c19-12-6-5-10(14(20)17(12)25)16(22)11(7-13(24)23-28)15(21)8-1-3-9(4-2-8)18(26)27/h1-6,21,25,28H,7,22H2,(H,23,24)(H,26,27)/b16-11-,21-15?. The Labute approximate surface area is 163 Å². The van der Waals surface area contributed by atoms with Gasteiger partial charge >= 0.3 is 5.97 Å². The van der Waals surface area contributed by atoms with Crippen molar-refractivity contribution in [2.24, 2.45) is 5.73 Å². The highest BCUT2D eigenvalue weighted by molar-refractivity contribution is 6.32. The first-order chi connectivity index (χ1) is 13.2. The van der Waals surface area contributed by atoms with Crippen molar-refractivity contribution >= 4 is 34.9 Å². The van der Waals surface area contributed by atoms with Gasteiger partial charge in [0, 0.05) is 16.8 Å². The monoisotopic (exact) mass is 407 g/mol. The number of phenolic OH excluding ortho intramolecular Hbond substituents is 1. The van der Waals surface area contributed by atoms with Crippen LogP contribution in [0.3, 0.4) is 0 Å². The Morgan fingerprint density at radius 3 is 2.25 bits per heavy atom. The number of amides is 1. The number of hydrogen-bond acceptors (Lipinski definition) is 6. The summed E-state index contributed by atoms with van der Waals surface area (Å²) in [6.07, 6.45) is -0.579. The lowest BCUT2D eigenvalue weighted by molar-refractivity contribution is -0.128. The number of hydroxylamine groups is 1. The number of aromatic carboxylic acids is 1. The average Bonchev–Trinajstić information content (AvgIpc) is 2.69. The number of nitrogens with two attached hydrogens (primary N) is 1. The first-order valence-corrected chi connectivity index (χ1v) is 8.06. The third kappa shape index (κ3) is 4.27. The number of carboxylic acid groups (broad SMARTS) is 1. The van der Waals surface area contributed by atoms with E-state index in [2.05, 4.69) is 0 Å². The van der Waals surface area contributed by atoms with Crippen LogP contribution in [0.2, 0.25) is 5.02 Å². The summed E-state index contributed by atoms with van der Waals surface area (Å²) in [4.78, 5) is 22.6. The Morgan fingerprint density at radius 1 is 1.14 bits per heavy atom. The molecule has 0 saturated carbocycles. The Kier molecular flexibility index (Phi) is 6.34. The van der Waals surface area contributed by atoms with Crippen molar-refractivity contribution in [2.75, 3.05) is 0 Å². The lowest BCUT2D eigenvalue weighted by Gasteiger charge is -2.15. The second kappa shape index (κ2) is 8.51. The van der Waals surface area contributed by atoms with Gasteiger partial charge in [-0.3, -0.25) is 15.4 Å². The molecule has 8 nitrogen and oxygen atoms in total. The Balaban J connectivity index is 2.59. The van der Waals surface area contributed by atoms with Gasteiger partial charge in [0.05, 0.1) is 22.7 Å². The fourth-order valence-electron chi connectivity index (χ4n) is 2.38. The van der Waals surface area contributed by atoms with Gasteiger partial charge in [0.25, 0.3) is 0 Å². The fraction of sp³-hybridized carbons (Fsp3) is 0.0556. The maximum atomic E-state index is 14.4. The van der Waals surface area contributed by atoms with Gasteiger partial charge in [-0.25, -0.2) is 14.7 Å². The minimum atomic E-state index is -1.16. The summed E-state index contributed by atoms with van der Waals surface area (Å²) in [5.41, 5.74) is 6.47. The van der Waals surface area contributed by atoms with Gasteiger partial charge in [-0.15, -0.1) is 0 Å². The summed E-state index contributed by atoms with van der Waals surface area (Å²) in [6, 6.07) is 7.51. The zero-order valence-electron chi connectivity index (χ0n) is 14.2. The molecule has 28 heavy (non-hydrogen) atoms. The van der Waals surface area contributed by atoms with Crippen LogP contribution in [0.4, 0.5) is 4.39 Å². The maximum Gasteiger partial charge on any atom is 0.335 e. The second-order valence-electron chi connectivity index (χ2n) is 5.62. The van der Waals surface area contributed by atoms with Crippen molar-refractivity contribution < 1.29 is 29.4 Å². The average molecular weight is 408 g/mol. The molecule has 1 amide bonds. The van der Waals surface area contributed by atoms with E-state index in [1.54, 1.807) is 0 Å². The number of aromatic hydroxyl groups is 1. The molecule has 0 bridgehead atoms. The zero-order valence-corrected chi connectivity index (χ0v) is 14.9. The first-order valence-electron chi connectivity index (χ1n) is 7.68. The highest BCUT2D eigenvalue weighted by atomic mass is 35.5. The molecular weight excluding hydrogens is 393 g/mol. The van der Waals surface area contributed by atoms with Crippen LogP contribution < -0.4 is 11.2 Å². The van der Waals surface area contributed by atoms with E-state index in [9.17, 15) is 19.1 Å². The van der Waals surface area contributed by atoms with Crippen molar-refractivity contribution in [1.29, 1.82) is 5.41 Å². The van der Waals surface area contributed by atoms with Crippen LogP contribution in [0.5, 0.6) is 5.75 Å². The number of nitrogens with one attached hydrogen (secondary N) is 2. The van der Waals surface area contributed by atoms with E-state index in [4.69, 9.17) is 33.1 Å². The number of rotatable bonds is 6. The number of halogens is 2. The van der Waals surface area contributed by atoms with E-state index < -0.39 is 29.9 Å². The predicted octanol–water partition coefficient (Wildman–Crippen LogP) is 2.52. The highest BCUT2D eigenvalue weighted by Gasteiger charge is 2.21. The van der Waals surface area contributed by atoms with Crippen molar-refractivity contribution in [3.63, 3.8) is 0 Å². The number of carboxylic acids is 1. The number of carbonyl (C=O) groups excluding carboxylic acids is 1. The van der Waals surface area contributed by atoms with E-state index >= 15 is 0 Å². The molecule has 2 rings (SSSR count). The lowest BCUT2D eigenvalue weighted by atomic mass is 9.94. The van der Waals surface area contributed by atoms with E-state index in [1.807, 2.05) is 0 Å². The zero-order chi connectivity index (χ0) is 21.0. The Hall–Kier alpha value is -3.43. The highest BCUT2D eigenvalue weighted by Crippen LogP contribution is 2.32.